The third-order valence-corrected chi connectivity index (χ3v) is 6.64. The van der Waals surface area contributed by atoms with Crippen LogP contribution in [0.25, 0.3) is 11.1 Å². The van der Waals surface area contributed by atoms with Gasteiger partial charge in [0.25, 0.3) is 0 Å². The zero-order valence-corrected chi connectivity index (χ0v) is 18.6. The lowest BCUT2D eigenvalue weighted by Crippen LogP contribution is -2.13. The fourth-order valence-corrected chi connectivity index (χ4v) is 4.89. The molecular formula is C27H34FNO. The van der Waals surface area contributed by atoms with Gasteiger partial charge in [0.1, 0.15) is 0 Å². The molecule has 0 aromatic heterocycles. The molecule has 3 heteroatoms. The van der Waals surface area contributed by atoms with E-state index in [0.717, 1.165) is 17.9 Å². The summed E-state index contributed by atoms with van der Waals surface area (Å²) >= 11 is 0. The number of methoxy groups -OCH3 is 1. The van der Waals surface area contributed by atoms with Crippen LogP contribution < -0.4 is 4.74 Å². The van der Waals surface area contributed by atoms with Crippen LogP contribution in [0.4, 0.5) is 4.39 Å². The van der Waals surface area contributed by atoms with E-state index in [0.29, 0.717) is 29.0 Å². The van der Waals surface area contributed by atoms with Gasteiger partial charge in [-0.2, -0.15) is 5.26 Å². The summed E-state index contributed by atoms with van der Waals surface area (Å²) in [6, 6.07) is 12.2. The molecule has 0 saturated heterocycles. The minimum atomic E-state index is -0.310. The zero-order valence-electron chi connectivity index (χ0n) is 18.6. The number of hydrogen-bond acceptors (Lipinski definition) is 2. The lowest BCUT2D eigenvalue weighted by Gasteiger charge is -2.29. The van der Waals surface area contributed by atoms with Crippen LogP contribution in [-0.2, 0) is 6.42 Å². The van der Waals surface area contributed by atoms with Crippen molar-refractivity contribution in [2.45, 2.75) is 77.6 Å². The molecule has 2 aromatic carbocycles. The Morgan fingerprint density at radius 3 is 2.40 bits per heavy atom. The number of hydrogen-bond donors (Lipinski definition) is 0. The molecule has 0 bridgehead atoms. The maximum absolute atomic E-state index is 14.9. The molecule has 0 N–H and O–H groups in total. The summed E-state index contributed by atoms with van der Waals surface area (Å²) in [4.78, 5) is 0. The lowest BCUT2D eigenvalue weighted by molar-refractivity contribution is 0.304. The molecule has 30 heavy (non-hydrogen) atoms. The van der Waals surface area contributed by atoms with Crippen molar-refractivity contribution in [3.63, 3.8) is 0 Å². The average molecular weight is 408 g/mol. The number of benzene rings is 2. The van der Waals surface area contributed by atoms with Crippen molar-refractivity contribution in [3.05, 3.63) is 52.8 Å². The lowest BCUT2D eigenvalue weighted by atomic mass is 9.76. The summed E-state index contributed by atoms with van der Waals surface area (Å²) in [5, 5.41) is 9.83. The Hall–Kier alpha value is -2.34. The second-order valence-electron chi connectivity index (χ2n) is 8.65. The molecule has 3 rings (SSSR count). The number of ether oxygens (including phenoxy) is 1. The average Bonchev–Trinajstić information content (AvgIpc) is 2.79. The third kappa shape index (κ3) is 4.86. The van der Waals surface area contributed by atoms with E-state index >= 15 is 0 Å². The molecule has 0 aliphatic heterocycles. The van der Waals surface area contributed by atoms with E-state index in [-0.39, 0.29) is 11.6 Å². The number of unbranched alkanes of at least 4 members (excludes halogenated alkanes) is 1. The minimum Gasteiger partial charge on any atom is -0.493 e. The molecule has 1 aliphatic carbocycles. The second-order valence-corrected chi connectivity index (χ2v) is 8.65. The first-order valence-corrected chi connectivity index (χ1v) is 11.5. The first-order valence-electron chi connectivity index (χ1n) is 11.5. The predicted molar refractivity (Wildman–Crippen MR) is 121 cm³/mol. The summed E-state index contributed by atoms with van der Waals surface area (Å²) in [7, 11) is 1.50. The highest BCUT2D eigenvalue weighted by Crippen LogP contribution is 2.41. The molecule has 0 spiro atoms. The van der Waals surface area contributed by atoms with Gasteiger partial charge in [-0.15, -0.1) is 0 Å². The fraction of sp³-hybridized carbons (Fsp3) is 0.519. The van der Waals surface area contributed by atoms with Gasteiger partial charge in [0.05, 0.1) is 18.7 Å². The number of nitrogens with zero attached hydrogens (tertiary/aromatic N) is 1. The molecule has 0 heterocycles. The molecule has 2 aromatic rings. The van der Waals surface area contributed by atoms with Gasteiger partial charge in [-0.1, -0.05) is 63.8 Å². The van der Waals surface area contributed by atoms with E-state index in [2.05, 4.69) is 19.1 Å². The molecule has 1 fully saturated rings. The van der Waals surface area contributed by atoms with Crippen molar-refractivity contribution in [3.8, 4) is 22.9 Å². The maximum atomic E-state index is 14.9. The van der Waals surface area contributed by atoms with Crippen LogP contribution in [0.2, 0.25) is 0 Å². The molecule has 0 radical (unpaired) electrons. The van der Waals surface area contributed by atoms with E-state index in [9.17, 15) is 9.65 Å². The van der Waals surface area contributed by atoms with Crippen molar-refractivity contribution in [1.29, 1.82) is 5.26 Å². The third-order valence-electron chi connectivity index (χ3n) is 6.64. The van der Waals surface area contributed by atoms with Crippen molar-refractivity contribution in [2.75, 3.05) is 7.11 Å². The van der Waals surface area contributed by atoms with Crippen molar-refractivity contribution >= 4 is 0 Å². The van der Waals surface area contributed by atoms with Gasteiger partial charge in [0.15, 0.2) is 11.6 Å². The monoisotopic (exact) mass is 407 g/mol. The van der Waals surface area contributed by atoms with E-state index in [1.165, 1.54) is 57.6 Å². The number of halogens is 1. The smallest absolute Gasteiger partial charge is 0.168 e. The number of nitriles is 1. The Kier molecular flexibility index (Phi) is 7.91. The largest absolute Gasteiger partial charge is 0.493 e. The van der Waals surface area contributed by atoms with Crippen LogP contribution in [0, 0.1) is 23.1 Å². The molecule has 1 aliphatic rings. The van der Waals surface area contributed by atoms with Crippen LogP contribution in [0.15, 0.2) is 30.3 Å². The highest BCUT2D eigenvalue weighted by Gasteiger charge is 2.24. The molecule has 0 amide bonds. The molecule has 1 saturated carbocycles. The van der Waals surface area contributed by atoms with Gasteiger partial charge in [-0.05, 0) is 61.1 Å². The molecular weight excluding hydrogens is 373 g/mol. The Morgan fingerprint density at radius 2 is 1.77 bits per heavy atom. The van der Waals surface area contributed by atoms with Crippen molar-refractivity contribution in [2.24, 2.45) is 5.92 Å². The Balaban J connectivity index is 1.86. The number of aryl methyl sites for hydroxylation is 1. The second kappa shape index (κ2) is 10.6. The van der Waals surface area contributed by atoms with Crippen LogP contribution >= 0.6 is 0 Å². The van der Waals surface area contributed by atoms with E-state index in [1.54, 1.807) is 0 Å². The molecule has 160 valence electrons. The van der Waals surface area contributed by atoms with E-state index in [4.69, 9.17) is 4.74 Å². The number of rotatable bonds is 8. The first-order chi connectivity index (χ1) is 14.6. The maximum Gasteiger partial charge on any atom is 0.168 e. The predicted octanol–water partition coefficient (Wildman–Crippen LogP) is 7.79. The van der Waals surface area contributed by atoms with Crippen LogP contribution in [0.5, 0.6) is 5.75 Å². The molecule has 0 atom stereocenters. The zero-order chi connectivity index (χ0) is 21.5. The van der Waals surface area contributed by atoms with Gasteiger partial charge in [-0.25, -0.2) is 4.39 Å². The minimum absolute atomic E-state index is 0.238. The Morgan fingerprint density at radius 1 is 1.03 bits per heavy atom. The van der Waals surface area contributed by atoms with E-state index < -0.39 is 0 Å². The highest BCUT2D eigenvalue weighted by atomic mass is 19.1. The Bertz CT molecular complexity index is 890. The summed E-state index contributed by atoms with van der Waals surface area (Å²) in [6.07, 6.45) is 10.5. The topological polar surface area (TPSA) is 33.0 Å². The van der Waals surface area contributed by atoms with Gasteiger partial charge in [0, 0.05) is 11.1 Å². The quantitative estimate of drug-likeness (QED) is 0.447. The molecule has 0 unspecified atom stereocenters. The van der Waals surface area contributed by atoms with Gasteiger partial charge >= 0.3 is 0 Å². The standard InChI is InChI=1S/C27H34FNO/c1-4-6-8-19-9-11-20(12-10-19)22-14-15-24(23(17-22)18-29)25-16-13-21(7-5-2)26(28)27(25)30-3/h13-17,19-20H,4-12H2,1-3H3. The SMILES string of the molecule is CCCCC1CCC(c2ccc(-c3ccc(CCC)c(F)c3OC)c(C#N)c2)CC1. The summed E-state index contributed by atoms with van der Waals surface area (Å²) in [5.74, 6) is 1.32. The van der Waals surface area contributed by atoms with Gasteiger partial charge in [0.2, 0.25) is 0 Å². The summed E-state index contributed by atoms with van der Waals surface area (Å²) in [5.41, 5.74) is 3.90. The van der Waals surface area contributed by atoms with Crippen LogP contribution in [0.1, 0.15) is 87.8 Å². The van der Waals surface area contributed by atoms with Crippen LogP contribution in [0.3, 0.4) is 0 Å². The summed E-state index contributed by atoms with van der Waals surface area (Å²) < 4.78 is 20.4. The fourth-order valence-electron chi connectivity index (χ4n) is 4.89. The van der Waals surface area contributed by atoms with Gasteiger partial charge in [-0.3, -0.25) is 0 Å². The van der Waals surface area contributed by atoms with Gasteiger partial charge < -0.3 is 4.74 Å². The van der Waals surface area contributed by atoms with E-state index in [1.807, 2.05) is 31.2 Å². The normalized spacial score (nSPS) is 18.8. The van der Waals surface area contributed by atoms with Crippen molar-refractivity contribution < 1.29 is 9.13 Å². The molecule has 2 nitrogen and oxygen atoms in total. The first kappa shape index (κ1) is 22.3. The van der Waals surface area contributed by atoms with Crippen LogP contribution in [-0.4, -0.2) is 7.11 Å². The highest BCUT2D eigenvalue weighted by molar-refractivity contribution is 5.77. The summed E-state index contributed by atoms with van der Waals surface area (Å²) in [6.45, 7) is 4.29. The van der Waals surface area contributed by atoms with Crippen molar-refractivity contribution in [1.82, 2.24) is 0 Å². The Labute approximate surface area is 181 Å².